The third-order valence-corrected chi connectivity index (χ3v) is 1.82. The lowest BCUT2D eigenvalue weighted by molar-refractivity contribution is -0.110. The second kappa shape index (κ2) is 5.50. The van der Waals surface area contributed by atoms with Crippen molar-refractivity contribution in [3.05, 3.63) is 40.7 Å². The van der Waals surface area contributed by atoms with Gasteiger partial charge in [-0.1, -0.05) is 18.2 Å². The van der Waals surface area contributed by atoms with Gasteiger partial charge in [-0.15, -0.1) is 0 Å². The minimum atomic E-state index is -0.752. The Labute approximate surface area is 91.9 Å². The minimum absolute atomic E-state index is 0.247. The average molecular weight is 219 g/mol. The summed E-state index contributed by atoms with van der Waals surface area (Å²) < 4.78 is 0. The van der Waals surface area contributed by atoms with Crippen LogP contribution in [0.2, 0.25) is 0 Å². The van der Waals surface area contributed by atoms with Crippen molar-refractivity contribution < 1.29 is 4.79 Å². The third-order valence-electron chi connectivity index (χ3n) is 1.82. The zero-order valence-electron chi connectivity index (χ0n) is 8.51. The highest BCUT2D eigenvalue weighted by Gasteiger charge is 2.11. The third kappa shape index (κ3) is 2.81. The van der Waals surface area contributed by atoms with Crippen LogP contribution in [0.5, 0.6) is 0 Å². The first kappa shape index (κ1) is 11.7. The van der Waals surface area contributed by atoms with E-state index in [4.69, 9.17) is 0 Å². The number of rotatable bonds is 3. The van der Waals surface area contributed by atoms with Crippen LogP contribution in [-0.2, 0) is 4.79 Å². The lowest BCUT2D eigenvalue weighted by atomic mass is 10.2. The Bertz CT molecular complexity index is 426. The standard InChI is InChI=1S/C10H11N3O3/c1-7(12-15)9(13-16)10(14)11-8-5-3-2-4-6-8/h2-6,15-16H,1H3,(H,11,14)/p-2/b12-7+,13-9-. The number of amides is 1. The Kier molecular flexibility index (Phi) is 4.02. The monoisotopic (exact) mass is 219 g/mol. The van der Waals surface area contributed by atoms with Crippen LogP contribution < -0.4 is 5.32 Å². The number of benzene rings is 1. The molecule has 6 heteroatoms. The van der Waals surface area contributed by atoms with Gasteiger partial charge in [0.2, 0.25) is 0 Å². The Hall–Kier alpha value is -2.37. The normalized spacial score (nSPS) is 12.3. The fourth-order valence-corrected chi connectivity index (χ4v) is 1.03. The van der Waals surface area contributed by atoms with Crippen LogP contribution in [0.4, 0.5) is 5.69 Å². The van der Waals surface area contributed by atoms with Crippen LogP contribution >= 0.6 is 0 Å². The molecule has 0 heterocycles. The molecule has 0 aliphatic heterocycles. The van der Waals surface area contributed by atoms with Crippen molar-refractivity contribution in [3.63, 3.8) is 0 Å². The molecule has 0 aliphatic carbocycles. The minimum Gasteiger partial charge on any atom is -0.792 e. The topological polar surface area (TPSA) is 99.9 Å². The van der Waals surface area contributed by atoms with Crippen molar-refractivity contribution >= 4 is 23.0 Å². The summed E-state index contributed by atoms with van der Waals surface area (Å²) in [6.45, 7) is 1.24. The van der Waals surface area contributed by atoms with E-state index < -0.39 is 11.6 Å². The van der Waals surface area contributed by atoms with Gasteiger partial charge < -0.3 is 26.0 Å². The Morgan fingerprint density at radius 3 is 2.31 bits per heavy atom. The van der Waals surface area contributed by atoms with E-state index >= 15 is 0 Å². The largest absolute Gasteiger partial charge is 0.792 e. The number of hydrogen-bond acceptors (Lipinski definition) is 5. The molecule has 0 saturated carbocycles. The van der Waals surface area contributed by atoms with E-state index in [0.29, 0.717) is 5.69 Å². The first-order valence-electron chi connectivity index (χ1n) is 4.43. The van der Waals surface area contributed by atoms with E-state index in [1.54, 1.807) is 30.3 Å². The van der Waals surface area contributed by atoms with Gasteiger partial charge in [0.1, 0.15) is 5.71 Å². The maximum Gasteiger partial charge on any atom is 0.275 e. The molecule has 0 spiro atoms. The highest BCUT2D eigenvalue weighted by molar-refractivity contribution is 6.68. The molecule has 16 heavy (non-hydrogen) atoms. The molecule has 0 saturated heterocycles. The van der Waals surface area contributed by atoms with Crippen LogP contribution in [0, 0.1) is 10.4 Å². The number of anilines is 1. The Morgan fingerprint density at radius 2 is 1.81 bits per heavy atom. The maximum absolute atomic E-state index is 11.5. The summed E-state index contributed by atoms with van der Waals surface area (Å²) in [6, 6.07) is 8.51. The van der Waals surface area contributed by atoms with Crippen LogP contribution in [0.25, 0.3) is 0 Å². The molecule has 1 aromatic carbocycles. The summed E-state index contributed by atoms with van der Waals surface area (Å²) in [4.78, 5) is 11.5. The second-order valence-corrected chi connectivity index (χ2v) is 2.94. The molecule has 6 nitrogen and oxygen atoms in total. The molecule has 0 unspecified atom stereocenters. The van der Waals surface area contributed by atoms with Gasteiger partial charge in [-0.25, -0.2) is 0 Å². The van der Waals surface area contributed by atoms with E-state index in [9.17, 15) is 15.2 Å². The molecular weight excluding hydrogens is 210 g/mol. The van der Waals surface area contributed by atoms with Gasteiger partial charge in [0.05, 0.1) is 5.71 Å². The van der Waals surface area contributed by atoms with Gasteiger partial charge in [0.25, 0.3) is 5.91 Å². The molecule has 1 N–H and O–H groups in total. The second-order valence-electron chi connectivity index (χ2n) is 2.94. The van der Waals surface area contributed by atoms with Crippen LogP contribution in [-0.4, -0.2) is 17.3 Å². The number of para-hydroxylation sites is 1. The number of nitrogens with zero attached hydrogens (tertiary/aromatic N) is 2. The van der Waals surface area contributed by atoms with Crippen molar-refractivity contribution in [1.82, 2.24) is 0 Å². The predicted octanol–water partition coefficient (Wildman–Crippen LogP) is 1.52. The lowest BCUT2D eigenvalue weighted by Gasteiger charge is -2.10. The molecule has 0 aromatic heterocycles. The first-order chi connectivity index (χ1) is 7.69. The summed E-state index contributed by atoms with van der Waals surface area (Å²) in [7, 11) is 0. The van der Waals surface area contributed by atoms with E-state index in [0.717, 1.165) is 0 Å². The molecule has 0 bridgehead atoms. The molecular formula is C10H9N3O3-2. The quantitative estimate of drug-likeness (QED) is 0.616. The van der Waals surface area contributed by atoms with E-state index in [1.165, 1.54) is 6.92 Å². The fraction of sp³-hybridized carbons (Fsp3) is 0.100. The summed E-state index contributed by atoms with van der Waals surface area (Å²) >= 11 is 0. The number of carbonyl (C=O) groups is 1. The van der Waals surface area contributed by atoms with E-state index in [-0.39, 0.29) is 5.71 Å². The van der Waals surface area contributed by atoms with Gasteiger partial charge in [-0.3, -0.25) is 4.79 Å². The summed E-state index contributed by atoms with van der Waals surface area (Å²) in [5, 5.41) is 27.9. The summed E-state index contributed by atoms with van der Waals surface area (Å²) in [5.74, 6) is -0.752. The number of carbonyl (C=O) groups excluding carboxylic acids is 1. The van der Waals surface area contributed by atoms with E-state index in [2.05, 4.69) is 15.6 Å². The van der Waals surface area contributed by atoms with Crippen molar-refractivity contribution in [2.75, 3.05) is 5.32 Å². The van der Waals surface area contributed by atoms with Gasteiger partial charge in [0.15, 0.2) is 0 Å². The molecule has 1 aromatic rings. The smallest absolute Gasteiger partial charge is 0.275 e. The van der Waals surface area contributed by atoms with Crippen molar-refractivity contribution in [2.24, 2.45) is 10.3 Å². The molecule has 1 rings (SSSR count). The molecule has 84 valence electrons. The zero-order valence-corrected chi connectivity index (χ0v) is 8.51. The van der Waals surface area contributed by atoms with Gasteiger partial charge >= 0.3 is 0 Å². The van der Waals surface area contributed by atoms with Crippen LogP contribution in [0.3, 0.4) is 0 Å². The van der Waals surface area contributed by atoms with Gasteiger partial charge in [-0.05, 0) is 19.1 Å². The highest BCUT2D eigenvalue weighted by Crippen LogP contribution is 2.05. The Balaban J connectivity index is 2.80. The van der Waals surface area contributed by atoms with Gasteiger partial charge in [0, 0.05) is 5.69 Å². The van der Waals surface area contributed by atoms with Crippen molar-refractivity contribution in [3.8, 4) is 0 Å². The SMILES string of the molecule is CC(=N\[O-])/C(=N/[O-])C(=O)Nc1ccccc1. The van der Waals surface area contributed by atoms with E-state index in [1.807, 2.05) is 0 Å². The van der Waals surface area contributed by atoms with Gasteiger partial charge in [-0.2, -0.15) is 0 Å². The van der Waals surface area contributed by atoms with Crippen molar-refractivity contribution in [1.29, 1.82) is 0 Å². The highest BCUT2D eigenvalue weighted by atomic mass is 16.4. The summed E-state index contributed by atoms with van der Waals surface area (Å²) in [5.41, 5.74) is -0.255. The number of hydrogen-bond donors (Lipinski definition) is 1. The molecule has 1 amide bonds. The lowest BCUT2D eigenvalue weighted by Crippen LogP contribution is -2.28. The average Bonchev–Trinajstić information content (AvgIpc) is 2.31. The number of nitrogens with one attached hydrogen (secondary N) is 1. The first-order valence-corrected chi connectivity index (χ1v) is 4.43. The van der Waals surface area contributed by atoms with Crippen LogP contribution in [0.15, 0.2) is 40.6 Å². The fourth-order valence-electron chi connectivity index (χ4n) is 1.03. The molecule has 0 aliphatic rings. The molecule has 0 atom stereocenters. The Morgan fingerprint density at radius 1 is 1.19 bits per heavy atom. The molecule has 0 radical (unpaired) electrons. The predicted molar refractivity (Wildman–Crippen MR) is 62.3 cm³/mol. The zero-order chi connectivity index (χ0) is 12.0. The molecule has 0 fully saturated rings. The maximum atomic E-state index is 11.5. The summed E-state index contributed by atoms with van der Waals surface area (Å²) in [6.07, 6.45) is 0. The van der Waals surface area contributed by atoms with Crippen molar-refractivity contribution in [2.45, 2.75) is 6.92 Å². The van der Waals surface area contributed by atoms with Crippen LogP contribution in [0.1, 0.15) is 6.92 Å².